The Morgan fingerprint density at radius 3 is 2.70 bits per heavy atom. The van der Waals surface area contributed by atoms with E-state index in [9.17, 15) is 9.18 Å². The highest BCUT2D eigenvalue weighted by molar-refractivity contribution is 5.98. The number of hydrogen-bond donors (Lipinski definition) is 0. The van der Waals surface area contributed by atoms with Crippen LogP contribution in [0.2, 0.25) is 0 Å². The van der Waals surface area contributed by atoms with Crippen molar-refractivity contribution in [2.45, 2.75) is 26.3 Å². The third-order valence-corrected chi connectivity index (χ3v) is 6.06. The van der Waals surface area contributed by atoms with Gasteiger partial charge in [-0.15, -0.1) is 0 Å². The molecule has 4 heterocycles. The number of amides is 1. The number of aryl methyl sites for hydroxylation is 2. The molecule has 2 saturated heterocycles. The Morgan fingerprint density at radius 2 is 1.93 bits per heavy atom. The lowest BCUT2D eigenvalue weighted by atomic mass is 9.81. The van der Waals surface area contributed by atoms with E-state index in [1.165, 1.54) is 28.8 Å². The average Bonchev–Trinajstić information content (AvgIpc) is 3.22. The molecule has 8 heteroatoms. The molecule has 3 aromatic rings. The first-order valence-electron chi connectivity index (χ1n) is 10.2. The Hall–Kier alpha value is -3.29. The van der Waals surface area contributed by atoms with E-state index in [0.717, 1.165) is 24.5 Å². The molecule has 2 aromatic heterocycles. The smallest absolute Gasteiger partial charge is 0.259 e. The number of carbonyl (C=O) groups excluding carboxylic acids is 1. The number of anilines is 1. The number of halogens is 1. The van der Waals surface area contributed by atoms with Gasteiger partial charge in [-0.05, 0) is 50.1 Å². The van der Waals surface area contributed by atoms with Gasteiger partial charge in [0.15, 0.2) is 0 Å². The van der Waals surface area contributed by atoms with Gasteiger partial charge in [-0.25, -0.2) is 9.37 Å². The van der Waals surface area contributed by atoms with Crippen molar-refractivity contribution in [3.63, 3.8) is 0 Å². The normalized spacial score (nSPS) is 20.6. The van der Waals surface area contributed by atoms with E-state index in [4.69, 9.17) is 0 Å². The molecule has 0 N–H and O–H groups in total. The fourth-order valence-electron chi connectivity index (χ4n) is 4.59. The Bertz CT molecular complexity index is 1080. The van der Waals surface area contributed by atoms with E-state index in [2.05, 4.69) is 39.1 Å². The van der Waals surface area contributed by atoms with Crippen molar-refractivity contribution in [1.82, 2.24) is 24.9 Å². The zero-order chi connectivity index (χ0) is 20.8. The second-order valence-corrected chi connectivity index (χ2v) is 8.12. The van der Waals surface area contributed by atoms with Crippen LogP contribution in [0.3, 0.4) is 0 Å². The van der Waals surface area contributed by atoms with Crippen molar-refractivity contribution >= 4 is 11.7 Å². The molecule has 2 fully saturated rings. The fraction of sp³-hybridized carbons (Fsp3) is 0.364. The molecule has 1 aromatic carbocycles. The number of rotatable bonds is 3. The minimum absolute atomic E-state index is 0.0220. The summed E-state index contributed by atoms with van der Waals surface area (Å²) < 4.78 is 14.7. The molecular weight excluding hydrogens is 383 g/mol. The number of pyridine rings is 1. The molecule has 7 nitrogen and oxygen atoms in total. The van der Waals surface area contributed by atoms with Crippen molar-refractivity contribution in [2.24, 2.45) is 5.92 Å². The van der Waals surface area contributed by atoms with Crippen molar-refractivity contribution in [3.05, 3.63) is 65.4 Å². The molecule has 5 rings (SSSR count). The molecule has 0 radical (unpaired) electrons. The molecule has 2 unspecified atom stereocenters. The van der Waals surface area contributed by atoms with Gasteiger partial charge in [-0.2, -0.15) is 15.0 Å². The summed E-state index contributed by atoms with van der Waals surface area (Å²) in [7, 11) is 0. The number of nitrogens with zero attached hydrogens (tertiary/aromatic N) is 6. The SMILES string of the molecule is Cc1cc(C)nc(N2CCC3CN(C(=O)c4c(F)cccc4-n4nccn4)C3C2)c1. The molecule has 154 valence electrons. The summed E-state index contributed by atoms with van der Waals surface area (Å²) in [5.41, 5.74) is 2.53. The van der Waals surface area contributed by atoms with E-state index in [1.807, 2.05) is 6.92 Å². The minimum atomic E-state index is -0.554. The number of benzene rings is 1. The molecule has 2 atom stereocenters. The lowest BCUT2D eigenvalue weighted by molar-refractivity contribution is 0.00740. The zero-order valence-corrected chi connectivity index (χ0v) is 17.0. The lowest BCUT2D eigenvalue weighted by Gasteiger charge is -2.53. The summed E-state index contributed by atoms with van der Waals surface area (Å²) >= 11 is 0. The Morgan fingerprint density at radius 1 is 1.13 bits per heavy atom. The summed E-state index contributed by atoms with van der Waals surface area (Å²) in [5, 5.41) is 8.15. The van der Waals surface area contributed by atoms with E-state index < -0.39 is 5.82 Å². The molecule has 0 spiro atoms. The van der Waals surface area contributed by atoms with Gasteiger partial charge in [0, 0.05) is 31.2 Å². The second kappa shape index (κ2) is 7.19. The van der Waals surface area contributed by atoms with Crippen LogP contribution in [0, 0.1) is 25.6 Å². The molecule has 0 saturated carbocycles. The maximum absolute atomic E-state index is 14.7. The first kappa shape index (κ1) is 18.7. The van der Waals surface area contributed by atoms with Gasteiger partial charge in [-0.3, -0.25) is 4.79 Å². The molecule has 1 amide bonds. The molecular formula is C22H23FN6O. The summed E-state index contributed by atoms with van der Waals surface area (Å²) in [4.78, 5) is 23.3. The molecule has 30 heavy (non-hydrogen) atoms. The summed E-state index contributed by atoms with van der Waals surface area (Å²) in [6.45, 7) is 6.33. The van der Waals surface area contributed by atoms with Gasteiger partial charge >= 0.3 is 0 Å². The molecule has 0 bridgehead atoms. The van der Waals surface area contributed by atoms with E-state index in [0.29, 0.717) is 24.7 Å². The monoisotopic (exact) mass is 406 g/mol. The zero-order valence-electron chi connectivity index (χ0n) is 17.0. The van der Waals surface area contributed by atoms with Gasteiger partial charge < -0.3 is 9.80 Å². The minimum Gasteiger partial charge on any atom is -0.355 e. The van der Waals surface area contributed by atoms with E-state index in [1.54, 1.807) is 17.0 Å². The van der Waals surface area contributed by atoms with Crippen LogP contribution in [0.15, 0.2) is 42.7 Å². The molecule has 0 aliphatic carbocycles. The number of fused-ring (bicyclic) bond motifs is 1. The van der Waals surface area contributed by atoms with Crippen LogP contribution >= 0.6 is 0 Å². The maximum atomic E-state index is 14.7. The number of carbonyl (C=O) groups is 1. The van der Waals surface area contributed by atoms with Crippen LogP contribution in [-0.4, -0.2) is 56.5 Å². The molecule has 2 aliphatic rings. The van der Waals surface area contributed by atoms with Gasteiger partial charge in [-0.1, -0.05) is 6.07 Å². The third-order valence-electron chi connectivity index (χ3n) is 6.06. The predicted octanol–water partition coefficient (Wildman–Crippen LogP) is 2.77. The highest BCUT2D eigenvalue weighted by atomic mass is 19.1. The van der Waals surface area contributed by atoms with Gasteiger partial charge in [0.25, 0.3) is 5.91 Å². The van der Waals surface area contributed by atoms with Crippen LogP contribution in [-0.2, 0) is 0 Å². The maximum Gasteiger partial charge on any atom is 0.259 e. The van der Waals surface area contributed by atoms with Crippen molar-refractivity contribution in [1.29, 1.82) is 0 Å². The predicted molar refractivity (Wildman–Crippen MR) is 110 cm³/mol. The third kappa shape index (κ3) is 3.12. The Kier molecular flexibility index (Phi) is 4.49. The van der Waals surface area contributed by atoms with Gasteiger partial charge in [0.2, 0.25) is 0 Å². The van der Waals surface area contributed by atoms with Gasteiger partial charge in [0.1, 0.15) is 22.9 Å². The first-order chi connectivity index (χ1) is 14.5. The average molecular weight is 406 g/mol. The number of hydrogen-bond acceptors (Lipinski definition) is 5. The van der Waals surface area contributed by atoms with E-state index in [-0.39, 0.29) is 17.5 Å². The number of likely N-dealkylation sites (tertiary alicyclic amines) is 1. The molecule has 2 aliphatic heterocycles. The summed E-state index contributed by atoms with van der Waals surface area (Å²) in [6, 6.07) is 8.73. The second-order valence-electron chi connectivity index (χ2n) is 8.12. The van der Waals surface area contributed by atoms with Crippen LogP contribution in [0.5, 0.6) is 0 Å². The first-order valence-corrected chi connectivity index (χ1v) is 10.2. The van der Waals surface area contributed by atoms with E-state index >= 15 is 0 Å². The van der Waals surface area contributed by atoms with Gasteiger partial charge in [0.05, 0.1) is 18.4 Å². The largest absolute Gasteiger partial charge is 0.355 e. The van der Waals surface area contributed by atoms with Crippen LogP contribution < -0.4 is 4.90 Å². The Balaban J connectivity index is 1.41. The highest BCUT2D eigenvalue weighted by Gasteiger charge is 2.46. The number of aromatic nitrogens is 4. The lowest BCUT2D eigenvalue weighted by Crippen LogP contribution is -2.66. The highest BCUT2D eigenvalue weighted by Crippen LogP contribution is 2.36. The topological polar surface area (TPSA) is 67.2 Å². The quantitative estimate of drug-likeness (QED) is 0.669. The van der Waals surface area contributed by atoms with Crippen molar-refractivity contribution < 1.29 is 9.18 Å². The Labute approximate surface area is 174 Å². The number of piperidine rings is 1. The van der Waals surface area contributed by atoms with Crippen LogP contribution in [0.25, 0.3) is 5.69 Å². The van der Waals surface area contributed by atoms with Crippen molar-refractivity contribution in [3.8, 4) is 5.69 Å². The van der Waals surface area contributed by atoms with Crippen LogP contribution in [0.4, 0.5) is 10.2 Å². The summed E-state index contributed by atoms with van der Waals surface area (Å²) in [5.74, 6) is 0.519. The van der Waals surface area contributed by atoms with Crippen molar-refractivity contribution in [2.75, 3.05) is 24.5 Å². The fourth-order valence-corrected chi connectivity index (χ4v) is 4.59. The van der Waals surface area contributed by atoms with Crippen LogP contribution in [0.1, 0.15) is 28.0 Å². The summed E-state index contributed by atoms with van der Waals surface area (Å²) in [6.07, 6.45) is 4.01. The standard InChI is InChI=1S/C22H23FN6O/c1-14-10-15(2)26-20(11-14)27-9-6-16-12-28(19(16)13-27)22(30)21-17(23)4-3-5-18(21)29-24-7-8-25-29/h3-5,7-8,10-11,16,19H,6,9,12-13H2,1-2H3.